The van der Waals surface area contributed by atoms with E-state index in [0.717, 1.165) is 5.56 Å². The van der Waals surface area contributed by atoms with Crippen LogP contribution >= 0.6 is 0 Å². The third kappa shape index (κ3) is 4.98. The molecule has 1 aromatic heterocycles. The Morgan fingerprint density at radius 2 is 1.84 bits per heavy atom. The third-order valence-corrected chi connectivity index (χ3v) is 5.62. The van der Waals surface area contributed by atoms with Crippen LogP contribution in [-0.4, -0.2) is 31.1 Å². The average molecular weight is 438 g/mol. The normalized spacial score (nSPS) is 12.7. The van der Waals surface area contributed by atoms with Crippen LogP contribution in [-0.2, 0) is 14.8 Å². The van der Waals surface area contributed by atoms with Crippen LogP contribution in [0.2, 0.25) is 0 Å². The molecule has 31 heavy (non-hydrogen) atoms. The van der Waals surface area contributed by atoms with E-state index in [1.165, 1.54) is 36.5 Å². The van der Waals surface area contributed by atoms with Gasteiger partial charge < -0.3 is 14.8 Å². The van der Waals surface area contributed by atoms with Gasteiger partial charge in [-0.05, 0) is 61.0 Å². The number of fused-ring (bicyclic) bond motifs is 1. The Kier molecular flexibility index (Phi) is 5.54. The van der Waals surface area contributed by atoms with Gasteiger partial charge >= 0.3 is 0 Å². The topological polar surface area (TPSA) is 120 Å². The summed E-state index contributed by atoms with van der Waals surface area (Å²) in [4.78, 5) is 20.1. The van der Waals surface area contributed by atoms with Gasteiger partial charge in [0.1, 0.15) is 0 Å². The van der Waals surface area contributed by atoms with E-state index in [0.29, 0.717) is 22.9 Å². The van der Waals surface area contributed by atoms with E-state index in [2.05, 4.69) is 20.0 Å². The van der Waals surface area contributed by atoms with Gasteiger partial charge in [0.25, 0.3) is 10.0 Å². The third-order valence-electron chi connectivity index (χ3n) is 4.28. The van der Waals surface area contributed by atoms with Gasteiger partial charge in [-0.1, -0.05) is 6.07 Å². The fourth-order valence-corrected chi connectivity index (χ4v) is 3.72. The van der Waals surface area contributed by atoms with Gasteiger partial charge in [0, 0.05) is 23.7 Å². The van der Waals surface area contributed by atoms with Crippen LogP contribution in [0.15, 0.2) is 65.7 Å². The van der Waals surface area contributed by atoms with Crippen molar-refractivity contribution in [1.29, 1.82) is 0 Å². The quantitative estimate of drug-likeness (QED) is 0.568. The molecule has 1 aliphatic rings. The second kappa shape index (κ2) is 8.44. The molecule has 0 fully saturated rings. The molecule has 9 nitrogen and oxygen atoms in total. The molecular formula is C21H18N4O5S. The molecule has 0 saturated heterocycles. The van der Waals surface area contributed by atoms with E-state index >= 15 is 0 Å². The lowest BCUT2D eigenvalue weighted by atomic mass is 10.2. The first-order chi connectivity index (χ1) is 14.9. The Balaban J connectivity index is 1.39. The van der Waals surface area contributed by atoms with Gasteiger partial charge in [0.05, 0.1) is 4.90 Å². The molecule has 10 heteroatoms. The number of aryl methyl sites for hydroxylation is 1. The standard InChI is InChI=1S/C21H18N4O5S/c1-14-10-11-22-21(23-14)25-31(27,28)17-6-4-16(5-7-17)24-20(26)9-3-15-2-8-18-19(12-15)30-13-29-18/h2-12H,13H2,1H3,(H,24,26)(H,22,23,25)/b9-3+. The number of aromatic nitrogens is 2. The molecule has 158 valence electrons. The van der Waals surface area contributed by atoms with E-state index in [9.17, 15) is 13.2 Å². The van der Waals surface area contributed by atoms with Crippen molar-refractivity contribution in [3.63, 3.8) is 0 Å². The minimum atomic E-state index is -3.85. The van der Waals surface area contributed by atoms with Crippen molar-refractivity contribution < 1.29 is 22.7 Å². The smallest absolute Gasteiger partial charge is 0.264 e. The monoisotopic (exact) mass is 438 g/mol. The van der Waals surface area contributed by atoms with Gasteiger partial charge in [-0.2, -0.15) is 0 Å². The van der Waals surface area contributed by atoms with Crippen LogP contribution in [0, 0.1) is 6.92 Å². The zero-order valence-electron chi connectivity index (χ0n) is 16.4. The summed E-state index contributed by atoms with van der Waals surface area (Å²) in [6, 6.07) is 12.8. The highest BCUT2D eigenvalue weighted by Gasteiger charge is 2.16. The number of amides is 1. The summed E-state index contributed by atoms with van der Waals surface area (Å²) >= 11 is 0. The summed E-state index contributed by atoms with van der Waals surface area (Å²) in [5, 5.41) is 2.68. The van der Waals surface area contributed by atoms with E-state index < -0.39 is 10.0 Å². The van der Waals surface area contributed by atoms with E-state index in [4.69, 9.17) is 9.47 Å². The summed E-state index contributed by atoms with van der Waals surface area (Å²) in [7, 11) is -3.85. The molecule has 3 aromatic rings. The van der Waals surface area contributed by atoms with Crippen molar-refractivity contribution in [2.24, 2.45) is 0 Å². The summed E-state index contributed by atoms with van der Waals surface area (Å²) in [5.74, 6) is 0.926. The fourth-order valence-electron chi connectivity index (χ4n) is 2.77. The molecule has 2 N–H and O–H groups in total. The number of hydrogen-bond acceptors (Lipinski definition) is 7. The maximum Gasteiger partial charge on any atom is 0.264 e. The largest absolute Gasteiger partial charge is 0.454 e. The summed E-state index contributed by atoms with van der Waals surface area (Å²) in [6.07, 6.45) is 4.48. The van der Waals surface area contributed by atoms with E-state index in [1.807, 2.05) is 6.07 Å². The second-order valence-electron chi connectivity index (χ2n) is 6.59. The Labute approximate surface area is 178 Å². The molecule has 0 radical (unpaired) electrons. The number of ether oxygens (including phenoxy) is 2. The summed E-state index contributed by atoms with van der Waals surface area (Å²) < 4.78 is 37.8. The SMILES string of the molecule is Cc1ccnc(NS(=O)(=O)c2ccc(NC(=O)/C=C/c3ccc4c(c3)OCO4)cc2)n1. The molecular weight excluding hydrogens is 420 g/mol. The molecule has 0 atom stereocenters. The zero-order valence-corrected chi connectivity index (χ0v) is 17.2. The number of nitrogens with zero attached hydrogens (tertiary/aromatic N) is 2. The number of carbonyl (C=O) groups is 1. The van der Waals surface area contributed by atoms with Crippen molar-refractivity contribution in [3.8, 4) is 11.5 Å². The molecule has 0 bridgehead atoms. The van der Waals surface area contributed by atoms with Crippen LogP contribution in [0.1, 0.15) is 11.3 Å². The maximum atomic E-state index is 12.5. The molecule has 0 saturated carbocycles. The number of hydrogen-bond donors (Lipinski definition) is 2. The Hall–Kier alpha value is -3.92. The molecule has 2 aromatic carbocycles. The predicted molar refractivity (Wildman–Crippen MR) is 114 cm³/mol. The number of benzene rings is 2. The predicted octanol–water partition coefficient (Wildman–Crippen LogP) is 2.97. The summed E-state index contributed by atoms with van der Waals surface area (Å²) in [6.45, 7) is 1.92. The Bertz CT molecular complexity index is 1260. The number of nitrogens with one attached hydrogen (secondary N) is 2. The molecule has 0 unspecified atom stereocenters. The Morgan fingerprint density at radius 3 is 2.61 bits per heavy atom. The van der Waals surface area contributed by atoms with Crippen LogP contribution < -0.4 is 19.5 Å². The second-order valence-corrected chi connectivity index (χ2v) is 8.27. The first-order valence-corrected chi connectivity index (χ1v) is 10.7. The maximum absolute atomic E-state index is 12.5. The molecule has 1 amide bonds. The van der Waals surface area contributed by atoms with Crippen LogP contribution in [0.25, 0.3) is 6.08 Å². The highest BCUT2D eigenvalue weighted by Crippen LogP contribution is 2.32. The molecule has 1 aliphatic heterocycles. The van der Waals surface area contributed by atoms with Crippen molar-refractivity contribution >= 4 is 33.6 Å². The van der Waals surface area contributed by atoms with Gasteiger partial charge in [0.2, 0.25) is 18.6 Å². The van der Waals surface area contributed by atoms with Gasteiger partial charge in [-0.25, -0.2) is 23.1 Å². The first-order valence-electron chi connectivity index (χ1n) is 9.20. The van der Waals surface area contributed by atoms with Gasteiger partial charge in [-0.3, -0.25) is 4.79 Å². The first kappa shape index (κ1) is 20.4. The van der Waals surface area contributed by atoms with Gasteiger partial charge in [-0.15, -0.1) is 0 Å². The van der Waals surface area contributed by atoms with E-state index in [1.54, 1.807) is 31.2 Å². The zero-order chi connectivity index (χ0) is 21.8. The Morgan fingerprint density at radius 1 is 1.06 bits per heavy atom. The lowest BCUT2D eigenvalue weighted by Gasteiger charge is -2.08. The van der Waals surface area contributed by atoms with Gasteiger partial charge in [0.15, 0.2) is 11.5 Å². The highest BCUT2D eigenvalue weighted by atomic mass is 32.2. The lowest BCUT2D eigenvalue weighted by molar-refractivity contribution is -0.111. The van der Waals surface area contributed by atoms with Crippen LogP contribution in [0.3, 0.4) is 0 Å². The highest BCUT2D eigenvalue weighted by molar-refractivity contribution is 7.92. The number of carbonyl (C=O) groups excluding carboxylic acids is 1. The lowest BCUT2D eigenvalue weighted by Crippen LogP contribution is -2.15. The minimum Gasteiger partial charge on any atom is -0.454 e. The number of rotatable bonds is 6. The number of anilines is 2. The minimum absolute atomic E-state index is 0.00830. The summed E-state index contributed by atoms with van der Waals surface area (Å²) in [5.41, 5.74) is 1.87. The van der Waals surface area contributed by atoms with Crippen LogP contribution in [0.5, 0.6) is 11.5 Å². The van der Waals surface area contributed by atoms with Crippen molar-refractivity contribution in [2.75, 3.05) is 16.8 Å². The number of sulfonamides is 1. The average Bonchev–Trinajstić information content (AvgIpc) is 3.20. The molecule has 0 spiro atoms. The van der Waals surface area contributed by atoms with E-state index in [-0.39, 0.29) is 23.5 Å². The fraction of sp³-hybridized carbons (Fsp3) is 0.0952. The van der Waals surface area contributed by atoms with Crippen molar-refractivity contribution in [2.45, 2.75) is 11.8 Å². The molecule has 4 rings (SSSR count). The van der Waals surface area contributed by atoms with Crippen molar-refractivity contribution in [1.82, 2.24) is 9.97 Å². The molecule has 2 heterocycles. The molecule has 0 aliphatic carbocycles. The van der Waals surface area contributed by atoms with Crippen molar-refractivity contribution in [3.05, 3.63) is 72.1 Å². The van der Waals surface area contributed by atoms with Crippen LogP contribution in [0.4, 0.5) is 11.6 Å².